The van der Waals surface area contributed by atoms with Crippen LogP contribution in [-0.2, 0) is 22.7 Å². The Bertz CT molecular complexity index is 1110. The van der Waals surface area contributed by atoms with Crippen LogP contribution in [0.2, 0.25) is 0 Å². The molecule has 1 aromatic heterocycles. The van der Waals surface area contributed by atoms with Crippen molar-refractivity contribution in [3.8, 4) is 0 Å². The Morgan fingerprint density at radius 1 is 1.19 bits per heavy atom. The molecule has 0 saturated carbocycles. The van der Waals surface area contributed by atoms with Gasteiger partial charge in [-0.1, -0.05) is 37.6 Å². The summed E-state index contributed by atoms with van der Waals surface area (Å²) in [4.78, 5) is 34.0. The number of rotatable bonds is 8. The van der Waals surface area contributed by atoms with Gasteiger partial charge in [0.25, 0.3) is 0 Å². The molecule has 1 aliphatic rings. The minimum atomic E-state index is -0.290. The minimum absolute atomic E-state index is 0.0374. The zero-order chi connectivity index (χ0) is 22.7. The number of likely N-dealkylation sites (tertiary alicyclic amines) is 1. The van der Waals surface area contributed by atoms with Crippen molar-refractivity contribution >= 4 is 22.8 Å². The number of aromatic nitrogens is 2. The average Bonchev–Trinajstić information content (AvgIpc) is 3.34. The molecule has 2 amide bonds. The van der Waals surface area contributed by atoms with Gasteiger partial charge in [0.15, 0.2) is 0 Å². The molecule has 0 aliphatic carbocycles. The van der Waals surface area contributed by atoms with Crippen molar-refractivity contribution in [1.82, 2.24) is 19.4 Å². The third kappa shape index (κ3) is 4.66. The summed E-state index contributed by atoms with van der Waals surface area (Å²) in [5.74, 6) is 0.476. The van der Waals surface area contributed by atoms with Crippen LogP contribution in [0.1, 0.15) is 43.5 Å². The second-order valence-electron chi connectivity index (χ2n) is 8.52. The molecular weight excluding hydrogens is 407 g/mol. The van der Waals surface area contributed by atoms with Crippen LogP contribution in [-0.4, -0.2) is 51.3 Å². The van der Waals surface area contributed by atoms with Gasteiger partial charge in [-0.3, -0.25) is 9.59 Å². The summed E-state index contributed by atoms with van der Waals surface area (Å²) in [6, 6.07) is 14.0. The van der Waals surface area contributed by atoms with E-state index in [-0.39, 0.29) is 30.1 Å². The van der Waals surface area contributed by atoms with Crippen LogP contribution in [0, 0.1) is 5.82 Å². The Hall–Kier alpha value is -3.22. The lowest BCUT2D eigenvalue weighted by Crippen LogP contribution is -2.32. The largest absolute Gasteiger partial charge is 0.344 e. The third-order valence-electron chi connectivity index (χ3n) is 6.12. The molecule has 0 bridgehead atoms. The Morgan fingerprint density at radius 2 is 1.94 bits per heavy atom. The number of benzene rings is 2. The van der Waals surface area contributed by atoms with Crippen LogP contribution in [0.4, 0.5) is 4.39 Å². The van der Waals surface area contributed by atoms with Crippen LogP contribution in [0.3, 0.4) is 0 Å². The number of amides is 2. The molecule has 2 aromatic carbocycles. The number of fused-ring (bicyclic) bond motifs is 1. The molecular formula is C25H29FN4O2. The van der Waals surface area contributed by atoms with Gasteiger partial charge in [0.2, 0.25) is 11.8 Å². The Labute approximate surface area is 187 Å². The summed E-state index contributed by atoms with van der Waals surface area (Å²) in [5, 5.41) is 0. The van der Waals surface area contributed by atoms with Gasteiger partial charge >= 0.3 is 0 Å². The van der Waals surface area contributed by atoms with Gasteiger partial charge in [-0.15, -0.1) is 0 Å². The van der Waals surface area contributed by atoms with Gasteiger partial charge in [0, 0.05) is 39.0 Å². The van der Waals surface area contributed by atoms with Gasteiger partial charge in [-0.05, 0) is 36.2 Å². The van der Waals surface area contributed by atoms with Crippen molar-refractivity contribution in [3.63, 3.8) is 0 Å². The maximum absolute atomic E-state index is 13.2. The van der Waals surface area contributed by atoms with E-state index in [1.807, 2.05) is 35.9 Å². The van der Waals surface area contributed by atoms with E-state index in [1.54, 1.807) is 21.9 Å². The number of carbonyl (C=O) groups excluding carboxylic acids is 2. The molecule has 6 nitrogen and oxygen atoms in total. The molecule has 32 heavy (non-hydrogen) atoms. The first-order chi connectivity index (χ1) is 15.5. The summed E-state index contributed by atoms with van der Waals surface area (Å²) in [6.07, 6.45) is 2.35. The number of para-hydroxylation sites is 2. The van der Waals surface area contributed by atoms with E-state index >= 15 is 0 Å². The minimum Gasteiger partial charge on any atom is -0.344 e. The number of hydrogen-bond donors (Lipinski definition) is 0. The summed E-state index contributed by atoms with van der Waals surface area (Å²) >= 11 is 0. The highest BCUT2D eigenvalue weighted by molar-refractivity contribution is 5.83. The SMILES string of the molecule is CCCCN(C)C(=O)Cn1c([C@H]2CC(=O)N(Cc3ccc(F)cc3)C2)nc2ccccc21. The van der Waals surface area contributed by atoms with Crippen LogP contribution in [0.5, 0.6) is 0 Å². The highest BCUT2D eigenvalue weighted by Crippen LogP contribution is 2.31. The van der Waals surface area contributed by atoms with E-state index < -0.39 is 0 Å². The zero-order valence-corrected chi connectivity index (χ0v) is 18.6. The zero-order valence-electron chi connectivity index (χ0n) is 18.6. The van der Waals surface area contributed by atoms with Crippen molar-refractivity contribution < 1.29 is 14.0 Å². The van der Waals surface area contributed by atoms with Crippen molar-refractivity contribution in [2.45, 2.75) is 45.2 Å². The number of hydrogen-bond acceptors (Lipinski definition) is 3. The molecule has 1 saturated heterocycles. The lowest BCUT2D eigenvalue weighted by atomic mass is 10.1. The number of carbonyl (C=O) groups is 2. The number of imidazole rings is 1. The molecule has 168 valence electrons. The summed E-state index contributed by atoms with van der Waals surface area (Å²) in [7, 11) is 1.83. The second kappa shape index (κ2) is 9.51. The molecule has 1 atom stereocenters. The Kier molecular flexibility index (Phi) is 6.53. The highest BCUT2D eigenvalue weighted by atomic mass is 19.1. The number of halogens is 1. The van der Waals surface area contributed by atoms with Gasteiger partial charge < -0.3 is 14.4 Å². The molecule has 4 rings (SSSR count). The number of nitrogens with zero attached hydrogens (tertiary/aromatic N) is 4. The summed E-state index contributed by atoms with van der Waals surface area (Å²) in [6.45, 7) is 4.01. The van der Waals surface area contributed by atoms with E-state index in [9.17, 15) is 14.0 Å². The molecule has 0 unspecified atom stereocenters. The first-order valence-corrected chi connectivity index (χ1v) is 11.2. The van der Waals surface area contributed by atoms with Crippen molar-refractivity contribution in [2.75, 3.05) is 20.1 Å². The fraction of sp³-hybridized carbons (Fsp3) is 0.400. The summed E-state index contributed by atoms with van der Waals surface area (Å²) in [5.41, 5.74) is 2.63. The van der Waals surface area contributed by atoms with E-state index in [1.165, 1.54) is 12.1 Å². The van der Waals surface area contributed by atoms with Gasteiger partial charge in [-0.25, -0.2) is 9.37 Å². The van der Waals surface area contributed by atoms with Crippen LogP contribution in [0.25, 0.3) is 11.0 Å². The maximum atomic E-state index is 13.2. The smallest absolute Gasteiger partial charge is 0.242 e. The van der Waals surface area contributed by atoms with Gasteiger partial charge in [0.05, 0.1) is 11.0 Å². The fourth-order valence-electron chi connectivity index (χ4n) is 4.26. The maximum Gasteiger partial charge on any atom is 0.242 e. The normalized spacial score (nSPS) is 16.2. The molecule has 7 heteroatoms. The van der Waals surface area contributed by atoms with Crippen LogP contribution >= 0.6 is 0 Å². The van der Waals surface area contributed by atoms with Crippen molar-refractivity contribution in [3.05, 3.63) is 65.7 Å². The Morgan fingerprint density at radius 3 is 2.69 bits per heavy atom. The fourth-order valence-corrected chi connectivity index (χ4v) is 4.26. The van der Waals surface area contributed by atoms with Gasteiger partial charge in [-0.2, -0.15) is 0 Å². The lowest BCUT2D eigenvalue weighted by Gasteiger charge is -2.20. The van der Waals surface area contributed by atoms with E-state index in [2.05, 4.69) is 6.92 Å². The molecule has 3 aromatic rings. The van der Waals surface area contributed by atoms with Gasteiger partial charge in [0.1, 0.15) is 18.2 Å². The predicted octanol–water partition coefficient (Wildman–Crippen LogP) is 3.95. The lowest BCUT2D eigenvalue weighted by molar-refractivity contribution is -0.130. The molecule has 1 fully saturated rings. The topological polar surface area (TPSA) is 58.4 Å². The molecule has 0 radical (unpaired) electrons. The van der Waals surface area contributed by atoms with Crippen LogP contribution in [0.15, 0.2) is 48.5 Å². The average molecular weight is 437 g/mol. The molecule has 0 N–H and O–H groups in total. The molecule has 0 spiro atoms. The number of likely N-dealkylation sites (N-methyl/N-ethyl adjacent to an activating group) is 1. The van der Waals surface area contributed by atoms with Crippen LogP contribution < -0.4 is 0 Å². The second-order valence-corrected chi connectivity index (χ2v) is 8.52. The van der Waals surface area contributed by atoms with Crippen molar-refractivity contribution in [1.29, 1.82) is 0 Å². The van der Waals surface area contributed by atoms with E-state index in [4.69, 9.17) is 4.98 Å². The monoisotopic (exact) mass is 436 g/mol. The van der Waals surface area contributed by atoms with Crippen molar-refractivity contribution in [2.24, 2.45) is 0 Å². The summed E-state index contributed by atoms with van der Waals surface area (Å²) < 4.78 is 15.2. The number of unbranched alkanes of at least 4 members (excludes halogenated alkanes) is 1. The molecule has 2 heterocycles. The quantitative estimate of drug-likeness (QED) is 0.537. The first-order valence-electron chi connectivity index (χ1n) is 11.2. The first kappa shape index (κ1) is 22.0. The standard InChI is InChI=1S/C25H29FN4O2/c1-3-4-13-28(2)24(32)17-30-22-8-6-5-7-21(22)27-25(30)19-14-23(31)29(16-19)15-18-9-11-20(26)12-10-18/h5-12,19H,3-4,13-17H2,1-2H3/t19-/m0/s1. The third-order valence-corrected chi connectivity index (χ3v) is 6.12. The van der Waals surface area contributed by atoms with E-state index in [0.29, 0.717) is 19.5 Å². The Balaban J connectivity index is 1.57. The predicted molar refractivity (Wildman–Crippen MR) is 121 cm³/mol. The van der Waals surface area contributed by atoms with E-state index in [0.717, 1.165) is 41.8 Å². The highest BCUT2D eigenvalue weighted by Gasteiger charge is 2.34. The molecule has 1 aliphatic heterocycles.